The summed E-state index contributed by atoms with van der Waals surface area (Å²) in [6.07, 6.45) is 0. The van der Waals surface area contributed by atoms with E-state index in [-0.39, 0.29) is 5.69 Å². The first kappa shape index (κ1) is 17.9. The van der Waals surface area contributed by atoms with E-state index in [1.165, 1.54) is 18.7 Å². The average molecular weight is 351 g/mol. The van der Waals surface area contributed by atoms with Gasteiger partial charge in [-0.05, 0) is 19.9 Å². The summed E-state index contributed by atoms with van der Waals surface area (Å²) in [4.78, 5) is 33.0. The molecule has 0 aromatic heterocycles. The van der Waals surface area contributed by atoms with Gasteiger partial charge in [0.25, 0.3) is 17.3 Å². The third kappa shape index (κ3) is 3.55. The molecule has 1 rings (SSSR count). The Morgan fingerprint density at radius 2 is 1.59 bits per heavy atom. The van der Waals surface area contributed by atoms with Gasteiger partial charge in [0.2, 0.25) is 0 Å². The fourth-order valence-electron chi connectivity index (χ4n) is 1.93. The molecule has 2 unspecified atom stereocenters. The number of nitro benzene ring substituents is 2. The summed E-state index contributed by atoms with van der Waals surface area (Å²) in [6.45, 7) is 3.02. The first-order valence-electron chi connectivity index (χ1n) is 5.91. The molecule has 0 spiro atoms. The molecule has 9 nitrogen and oxygen atoms in total. The number of anilines is 1. The van der Waals surface area contributed by atoms with Crippen molar-refractivity contribution in [2.45, 2.75) is 24.8 Å². The Hall–Kier alpha value is -2.13. The van der Waals surface area contributed by atoms with Gasteiger partial charge >= 0.3 is 0 Å². The Kier molecular flexibility index (Phi) is 5.50. The third-order valence-electron chi connectivity index (χ3n) is 2.80. The van der Waals surface area contributed by atoms with Crippen LogP contribution in [-0.4, -0.2) is 26.8 Å². The number of nitrogens with zero attached hydrogens (tertiary/aromatic N) is 3. The van der Waals surface area contributed by atoms with Crippen LogP contribution in [0.1, 0.15) is 24.2 Å². The number of amides is 1. The van der Waals surface area contributed by atoms with Crippen molar-refractivity contribution in [2.24, 2.45) is 5.73 Å². The van der Waals surface area contributed by atoms with Crippen LogP contribution in [0.4, 0.5) is 17.1 Å². The van der Waals surface area contributed by atoms with Gasteiger partial charge in [-0.2, -0.15) is 0 Å². The predicted molar refractivity (Wildman–Crippen MR) is 81.4 cm³/mol. The second kappa shape index (κ2) is 6.75. The molecule has 0 heterocycles. The van der Waals surface area contributed by atoms with Crippen molar-refractivity contribution >= 4 is 46.2 Å². The lowest BCUT2D eigenvalue weighted by molar-refractivity contribution is -0.393. The molecular weight excluding hydrogens is 339 g/mol. The lowest BCUT2D eigenvalue weighted by atomic mass is 10.1. The normalized spacial score (nSPS) is 13.3. The van der Waals surface area contributed by atoms with Crippen molar-refractivity contribution < 1.29 is 14.6 Å². The van der Waals surface area contributed by atoms with Crippen LogP contribution in [0.25, 0.3) is 0 Å². The van der Waals surface area contributed by atoms with Gasteiger partial charge < -0.3 is 10.6 Å². The van der Waals surface area contributed by atoms with Crippen LogP contribution in [0.15, 0.2) is 12.1 Å². The summed E-state index contributed by atoms with van der Waals surface area (Å²) in [6, 6.07) is 1.62. The van der Waals surface area contributed by atoms with E-state index in [2.05, 4.69) is 0 Å². The number of primary amides is 1. The molecule has 0 saturated carbocycles. The monoisotopic (exact) mass is 350 g/mol. The maximum atomic E-state index is 11.4. The molecule has 1 aromatic carbocycles. The number of hydrogen-bond acceptors (Lipinski definition) is 6. The van der Waals surface area contributed by atoms with Crippen molar-refractivity contribution in [1.82, 2.24) is 0 Å². The number of carbonyl (C=O) groups excluding carboxylic acids is 1. The third-order valence-corrected chi connectivity index (χ3v) is 3.22. The minimum Gasteiger partial charge on any atom is -0.365 e. The van der Waals surface area contributed by atoms with Gasteiger partial charge in [0.05, 0.1) is 15.9 Å². The zero-order chi connectivity index (χ0) is 17.2. The highest BCUT2D eigenvalue weighted by atomic mass is 35.5. The van der Waals surface area contributed by atoms with Gasteiger partial charge in [-0.15, -0.1) is 0 Å². The first-order valence-corrected chi connectivity index (χ1v) is 6.78. The zero-order valence-corrected chi connectivity index (χ0v) is 13.0. The molecule has 0 aliphatic heterocycles. The summed E-state index contributed by atoms with van der Waals surface area (Å²) in [5.41, 5.74) is 1.61. The van der Waals surface area contributed by atoms with Crippen molar-refractivity contribution in [3.63, 3.8) is 0 Å². The summed E-state index contributed by atoms with van der Waals surface area (Å²) in [5.74, 6) is -1.09. The number of halogens is 2. The molecule has 0 saturated heterocycles. The second-order valence-corrected chi connectivity index (χ2v) is 5.56. The number of nitro groups is 2. The van der Waals surface area contributed by atoms with E-state index >= 15 is 0 Å². The topological polar surface area (TPSA) is 133 Å². The number of carbonyl (C=O) groups is 1. The minimum atomic E-state index is -1.09. The predicted octanol–water partition coefficient (Wildman–Crippen LogP) is 2.58. The molecule has 1 amide bonds. The van der Waals surface area contributed by atoms with Gasteiger partial charge in [-0.3, -0.25) is 25.0 Å². The molecule has 0 aliphatic carbocycles. The maximum absolute atomic E-state index is 11.4. The Morgan fingerprint density at radius 1 is 1.14 bits per heavy atom. The van der Waals surface area contributed by atoms with Crippen LogP contribution in [-0.2, 0) is 0 Å². The first-order chi connectivity index (χ1) is 10.1. The zero-order valence-electron chi connectivity index (χ0n) is 11.5. The summed E-state index contributed by atoms with van der Waals surface area (Å²) >= 11 is 11.9. The highest BCUT2D eigenvalue weighted by molar-refractivity contribution is 6.25. The molecule has 22 heavy (non-hydrogen) atoms. The van der Waals surface area contributed by atoms with E-state index in [9.17, 15) is 25.0 Å². The van der Waals surface area contributed by atoms with Crippen molar-refractivity contribution in [3.05, 3.63) is 37.9 Å². The van der Waals surface area contributed by atoms with Crippen molar-refractivity contribution in [1.29, 1.82) is 0 Å². The van der Waals surface area contributed by atoms with Crippen LogP contribution in [0.2, 0.25) is 0 Å². The fraction of sp³-hybridized carbons (Fsp3) is 0.364. The summed E-state index contributed by atoms with van der Waals surface area (Å²) in [5, 5.41) is 22.1. The number of nitrogens with two attached hydrogens (primary N) is 1. The number of benzene rings is 1. The van der Waals surface area contributed by atoms with Gasteiger partial charge in [0, 0.05) is 0 Å². The molecule has 0 aliphatic rings. The number of rotatable bonds is 6. The van der Waals surface area contributed by atoms with E-state index in [1.54, 1.807) is 0 Å². The highest BCUT2D eigenvalue weighted by Crippen LogP contribution is 2.38. The van der Waals surface area contributed by atoms with Crippen LogP contribution in [0.3, 0.4) is 0 Å². The quantitative estimate of drug-likeness (QED) is 0.362. The smallest absolute Gasteiger partial charge is 0.299 e. The standard InChI is InChI=1S/C11H12Cl2N4O5/c1-5(12)15(6(2)13)9-3-7(11(14)18)8(16(19)20)4-10(9)17(21)22/h3-6H,1-2H3,(H2,14,18). The Bertz CT molecular complexity index is 627. The van der Waals surface area contributed by atoms with E-state index in [0.717, 1.165) is 6.07 Å². The lowest BCUT2D eigenvalue weighted by Crippen LogP contribution is -2.35. The van der Waals surface area contributed by atoms with Gasteiger partial charge in [-0.25, -0.2) is 0 Å². The van der Waals surface area contributed by atoms with E-state index < -0.39 is 43.7 Å². The molecule has 1 aromatic rings. The van der Waals surface area contributed by atoms with Crippen LogP contribution in [0.5, 0.6) is 0 Å². The Balaban J connectivity index is 3.75. The molecule has 0 radical (unpaired) electrons. The van der Waals surface area contributed by atoms with E-state index in [0.29, 0.717) is 6.07 Å². The SMILES string of the molecule is CC(Cl)N(c1cc(C(N)=O)c([N+](=O)[O-])cc1[N+](=O)[O-])C(C)Cl. The molecule has 0 fully saturated rings. The maximum Gasteiger partial charge on any atom is 0.299 e. The lowest BCUT2D eigenvalue weighted by Gasteiger charge is -2.29. The van der Waals surface area contributed by atoms with Gasteiger partial charge in [-0.1, -0.05) is 23.2 Å². The van der Waals surface area contributed by atoms with Gasteiger partial charge in [0.15, 0.2) is 0 Å². The number of hydrogen-bond donors (Lipinski definition) is 1. The fourth-order valence-corrected chi connectivity index (χ4v) is 2.54. The molecule has 120 valence electrons. The largest absolute Gasteiger partial charge is 0.365 e. The summed E-state index contributed by atoms with van der Waals surface area (Å²) < 4.78 is 0. The van der Waals surface area contributed by atoms with Crippen molar-refractivity contribution in [2.75, 3.05) is 4.90 Å². The van der Waals surface area contributed by atoms with E-state index in [1.807, 2.05) is 0 Å². The minimum absolute atomic E-state index is 0.130. The van der Waals surface area contributed by atoms with Gasteiger partial charge in [0.1, 0.15) is 22.3 Å². The Labute approximate surface area is 134 Å². The van der Waals surface area contributed by atoms with Crippen molar-refractivity contribution in [3.8, 4) is 0 Å². The Morgan fingerprint density at radius 3 is 1.91 bits per heavy atom. The molecule has 2 atom stereocenters. The van der Waals surface area contributed by atoms with Crippen LogP contribution < -0.4 is 10.6 Å². The van der Waals surface area contributed by atoms with E-state index in [4.69, 9.17) is 28.9 Å². The molecule has 11 heteroatoms. The van der Waals surface area contributed by atoms with Crippen LogP contribution in [0, 0.1) is 20.2 Å². The molecular formula is C11H12Cl2N4O5. The summed E-state index contributed by atoms with van der Waals surface area (Å²) in [7, 11) is 0. The highest BCUT2D eigenvalue weighted by Gasteiger charge is 2.32. The van der Waals surface area contributed by atoms with Crippen LogP contribution >= 0.6 is 23.2 Å². The second-order valence-electron chi connectivity index (χ2n) is 4.29. The number of alkyl halides is 2. The molecule has 2 N–H and O–H groups in total. The average Bonchev–Trinajstić information content (AvgIpc) is 2.36. The molecule has 0 bridgehead atoms.